The largest absolute Gasteiger partial charge is 0.497 e. The zero-order valence-corrected chi connectivity index (χ0v) is 16.0. The Morgan fingerprint density at radius 2 is 1.92 bits per heavy atom. The van der Waals surface area contributed by atoms with Crippen molar-refractivity contribution in [3.05, 3.63) is 47.3 Å². The Kier molecular flexibility index (Phi) is 5.19. The molecule has 1 aromatic carbocycles. The van der Waals surface area contributed by atoms with Crippen LogP contribution in [0.25, 0.3) is 0 Å². The van der Waals surface area contributed by atoms with Crippen molar-refractivity contribution in [1.82, 2.24) is 5.32 Å². The van der Waals surface area contributed by atoms with E-state index in [1.807, 2.05) is 24.3 Å². The molecule has 1 fully saturated rings. The van der Waals surface area contributed by atoms with Gasteiger partial charge in [0.2, 0.25) is 0 Å². The monoisotopic (exact) mass is 401 g/mol. The molecule has 9 heteroatoms. The van der Waals surface area contributed by atoms with Gasteiger partial charge in [0, 0.05) is 12.6 Å². The third-order valence-electron chi connectivity index (χ3n) is 4.20. The number of thiophene rings is 1. The van der Waals surface area contributed by atoms with E-state index in [0.717, 1.165) is 22.6 Å². The van der Waals surface area contributed by atoms with E-state index in [1.54, 1.807) is 18.6 Å². The number of methoxy groups -OCH3 is 1. The SMILES string of the molecule is COc1ccc(CNC2CS(=O)(=O)CC2S(=O)(=O)c2cccs2)cc1. The van der Waals surface area contributed by atoms with Gasteiger partial charge in [0.15, 0.2) is 19.7 Å². The molecular formula is C16H19NO5S3. The summed E-state index contributed by atoms with van der Waals surface area (Å²) in [4.78, 5) is 0. The lowest BCUT2D eigenvalue weighted by Gasteiger charge is -2.19. The highest BCUT2D eigenvalue weighted by Crippen LogP contribution is 2.28. The number of sulfone groups is 2. The Labute approximate surface area is 151 Å². The van der Waals surface area contributed by atoms with Gasteiger partial charge in [-0.25, -0.2) is 16.8 Å². The summed E-state index contributed by atoms with van der Waals surface area (Å²) in [6, 6.07) is 9.88. The van der Waals surface area contributed by atoms with E-state index in [2.05, 4.69) is 5.32 Å². The normalized spacial score (nSPS) is 22.8. The lowest BCUT2D eigenvalue weighted by atomic mass is 10.2. The molecule has 0 spiro atoms. The van der Waals surface area contributed by atoms with Crippen LogP contribution in [0.5, 0.6) is 5.75 Å². The van der Waals surface area contributed by atoms with E-state index in [-0.39, 0.29) is 15.7 Å². The molecular weight excluding hydrogens is 382 g/mol. The summed E-state index contributed by atoms with van der Waals surface area (Å²) in [6.07, 6.45) is 0. The second-order valence-corrected chi connectivity index (χ2v) is 11.4. The van der Waals surface area contributed by atoms with Gasteiger partial charge < -0.3 is 10.1 Å². The summed E-state index contributed by atoms with van der Waals surface area (Å²) in [5, 5.41) is 3.83. The maximum Gasteiger partial charge on any atom is 0.193 e. The Morgan fingerprint density at radius 3 is 2.52 bits per heavy atom. The van der Waals surface area contributed by atoms with E-state index >= 15 is 0 Å². The van der Waals surface area contributed by atoms with Crippen molar-refractivity contribution in [3.63, 3.8) is 0 Å². The molecule has 2 heterocycles. The first kappa shape index (κ1) is 18.4. The molecule has 6 nitrogen and oxygen atoms in total. The maximum absolute atomic E-state index is 12.8. The minimum absolute atomic E-state index is 0.168. The molecule has 25 heavy (non-hydrogen) atoms. The molecule has 3 rings (SSSR count). The first-order valence-electron chi connectivity index (χ1n) is 7.66. The second-order valence-electron chi connectivity index (χ2n) is 5.93. The van der Waals surface area contributed by atoms with Crippen LogP contribution in [-0.4, -0.2) is 46.7 Å². The van der Waals surface area contributed by atoms with Crippen LogP contribution < -0.4 is 10.1 Å². The third-order valence-corrected chi connectivity index (χ3v) is 9.78. The lowest BCUT2D eigenvalue weighted by molar-refractivity contribution is 0.414. The summed E-state index contributed by atoms with van der Waals surface area (Å²) in [5.41, 5.74) is 0.928. The van der Waals surface area contributed by atoms with E-state index in [0.29, 0.717) is 6.54 Å². The smallest absolute Gasteiger partial charge is 0.193 e. The van der Waals surface area contributed by atoms with Crippen molar-refractivity contribution in [2.45, 2.75) is 22.0 Å². The molecule has 1 N–H and O–H groups in total. The Morgan fingerprint density at radius 1 is 1.20 bits per heavy atom. The highest BCUT2D eigenvalue weighted by atomic mass is 32.2. The van der Waals surface area contributed by atoms with Crippen LogP contribution in [0.3, 0.4) is 0 Å². The molecule has 1 aromatic heterocycles. The van der Waals surface area contributed by atoms with E-state index in [9.17, 15) is 16.8 Å². The molecule has 2 aromatic rings. The quantitative estimate of drug-likeness (QED) is 0.789. The molecule has 1 aliphatic heterocycles. The third kappa shape index (κ3) is 4.05. The van der Waals surface area contributed by atoms with Gasteiger partial charge in [0.1, 0.15) is 9.96 Å². The Bertz CT molecular complexity index is 919. The summed E-state index contributed by atoms with van der Waals surface area (Å²) in [5.74, 6) is 0.219. The first-order chi connectivity index (χ1) is 11.8. The second kappa shape index (κ2) is 7.06. The molecule has 2 atom stereocenters. The van der Waals surface area contributed by atoms with Crippen LogP contribution in [0.1, 0.15) is 5.56 Å². The predicted octanol–water partition coefficient (Wildman–Crippen LogP) is 1.49. The maximum atomic E-state index is 12.8. The molecule has 0 aliphatic carbocycles. The van der Waals surface area contributed by atoms with Crippen LogP contribution in [0.4, 0.5) is 0 Å². The molecule has 136 valence electrons. The van der Waals surface area contributed by atoms with Crippen molar-refractivity contribution in [2.24, 2.45) is 0 Å². The molecule has 0 amide bonds. The fourth-order valence-corrected chi connectivity index (χ4v) is 8.82. The highest BCUT2D eigenvalue weighted by molar-refractivity contribution is 7.97. The molecule has 0 bridgehead atoms. The molecule has 1 saturated heterocycles. The Hall–Kier alpha value is -1.42. The van der Waals surface area contributed by atoms with Gasteiger partial charge in [-0.2, -0.15) is 0 Å². The van der Waals surface area contributed by atoms with Crippen LogP contribution in [0.2, 0.25) is 0 Å². The van der Waals surface area contributed by atoms with Gasteiger partial charge in [-0.15, -0.1) is 11.3 Å². The van der Waals surface area contributed by atoms with E-state index in [4.69, 9.17) is 4.74 Å². The van der Waals surface area contributed by atoms with Gasteiger partial charge in [-0.3, -0.25) is 0 Å². The highest BCUT2D eigenvalue weighted by Gasteiger charge is 2.45. The molecule has 0 radical (unpaired) electrons. The number of hydrogen-bond donors (Lipinski definition) is 1. The fourth-order valence-electron chi connectivity index (χ4n) is 2.88. The zero-order chi connectivity index (χ0) is 18.1. The van der Waals surface area contributed by atoms with Gasteiger partial charge in [0.25, 0.3) is 0 Å². The number of ether oxygens (including phenoxy) is 1. The standard InChI is InChI=1S/C16H19NO5S3/c1-22-13-6-4-12(5-7-13)9-17-14-10-24(18,19)11-15(14)25(20,21)16-3-2-8-23-16/h2-8,14-15,17H,9-11H2,1H3. The summed E-state index contributed by atoms with van der Waals surface area (Å²) in [6.45, 7) is 0.390. The van der Waals surface area contributed by atoms with Gasteiger partial charge in [0.05, 0.1) is 23.9 Å². The summed E-state index contributed by atoms with van der Waals surface area (Å²) >= 11 is 1.11. The number of hydrogen-bond acceptors (Lipinski definition) is 7. The van der Waals surface area contributed by atoms with Gasteiger partial charge >= 0.3 is 0 Å². The summed E-state index contributed by atoms with van der Waals surface area (Å²) in [7, 11) is -5.48. The minimum atomic E-state index is -3.67. The van der Waals surface area contributed by atoms with Crippen LogP contribution >= 0.6 is 11.3 Å². The molecule has 0 saturated carbocycles. The molecule has 1 aliphatic rings. The van der Waals surface area contributed by atoms with Crippen LogP contribution in [0, 0.1) is 0 Å². The summed E-state index contributed by atoms with van der Waals surface area (Å²) < 4.78 is 55.0. The predicted molar refractivity (Wildman–Crippen MR) is 97.6 cm³/mol. The van der Waals surface area contributed by atoms with Gasteiger partial charge in [-0.1, -0.05) is 18.2 Å². The fraction of sp³-hybridized carbons (Fsp3) is 0.375. The van der Waals surface area contributed by atoms with Crippen molar-refractivity contribution in [1.29, 1.82) is 0 Å². The average Bonchev–Trinajstić information content (AvgIpc) is 3.21. The van der Waals surface area contributed by atoms with Crippen molar-refractivity contribution in [2.75, 3.05) is 18.6 Å². The average molecular weight is 402 g/mol. The number of rotatable bonds is 6. The van der Waals surface area contributed by atoms with Gasteiger partial charge in [-0.05, 0) is 29.1 Å². The number of nitrogens with one attached hydrogen (secondary N) is 1. The van der Waals surface area contributed by atoms with Crippen molar-refractivity contribution >= 4 is 31.0 Å². The molecule has 2 unspecified atom stereocenters. The number of benzene rings is 1. The zero-order valence-electron chi connectivity index (χ0n) is 13.6. The first-order valence-corrected chi connectivity index (χ1v) is 11.9. The van der Waals surface area contributed by atoms with Crippen molar-refractivity contribution < 1.29 is 21.6 Å². The lowest BCUT2D eigenvalue weighted by Crippen LogP contribution is -2.42. The minimum Gasteiger partial charge on any atom is -0.497 e. The van der Waals surface area contributed by atoms with E-state index < -0.39 is 31.0 Å². The van der Waals surface area contributed by atoms with Crippen molar-refractivity contribution in [3.8, 4) is 5.75 Å². The Balaban J connectivity index is 1.78. The van der Waals surface area contributed by atoms with Crippen LogP contribution in [0.15, 0.2) is 46.0 Å². The topological polar surface area (TPSA) is 89.5 Å². The van der Waals surface area contributed by atoms with Crippen LogP contribution in [-0.2, 0) is 26.2 Å². The van der Waals surface area contributed by atoms with E-state index in [1.165, 1.54) is 6.07 Å².